The van der Waals surface area contributed by atoms with Gasteiger partial charge < -0.3 is 14.1 Å². The lowest BCUT2D eigenvalue weighted by atomic mass is 10.4. The molecule has 0 aliphatic carbocycles. The van der Waals surface area contributed by atoms with E-state index in [9.17, 15) is 13.2 Å². The maximum atomic E-state index is 12.1. The van der Waals surface area contributed by atoms with Gasteiger partial charge in [0.2, 0.25) is 5.89 Å². The fraction of sp³-hybridized carbons (Fsp3) is 0.300. The van der Waals surface area contributed by atoms with E-state index in [2.05, 4.69) is 14.9 Å². The van der Waals surface area contributed by atoms with E-state index in [0.717, 1.165) is 6.07 Å². The van der Waals surface area contributed by atoms with E-state index in [1.165, 1.54) is 17.7 Å². The summed E-state index contributed by atoms with van der Waals surface area (Å²) in [6.45, 7) is 3.55. The van der Waals surface area contributed by atoms with Gasteiger partial charge in [-0.1, -0.05) is 5.10 Å². The van der Waals surface area contributed by atoms with Gasteiger partial charge in [-0.25, -0.2) is 17.9 Å². The van der Waals surface area contributed by atoms with Gasteiger partial charge in [0.15, 0.2) is 0 Å². The highest BCUT2D eigenvalue weighted by Crippen LogP contribution is 2.18. The summed E-state index contributed by atoms with van der Waals surface area (Å²) in [4.78, 5) is 10.8. The summed E-state index contributed by atoms with van der Waals surface area (Å²) < 4.78 is 32.5. The molecule has 2 aromatic rings. The third-order valence-corrected chi connectivity index (χ3v) is 3.78. The van der Waals surface area contributed by atoms with Gasteiger partial charge in [-0.2, -0.15) is 0 Å². The third-order valence-electron chi connectivity index (χ3n) is 2.49. The Morgan fingerprint density at radius 2 is 2.20 bits per heavy atom. The van der Waals surface area contributed by atoms with Gasteiger partial charge in [0, 0.05) is 19.7 Å². The predicted molar refractivity (Wildman–Crippen MR) is 66.9 cm³/mol. The number of carbonyl (C=O) groups is 1. The van der Waals surface area contributed by atoms with Gasteiger partial charge in [0.25, 0.3) is 10.0 Å². The minimum absolute atomic E-state index is 0.116. The average molecular weight is 300 g/mol. The van der Waals surface area contributed by atoms with Crippen molar-refractivity contribution in [2.75, 3.05) is 4.72 Å². The van der Waals surface area contributed by atoms with Gasteiger partial charge in [-0.05, 0) is 13.0 Å². The SMILES string of the molecule is CCn1cc(S(=O)(=O)Nc2nnc(C)o2)cc1C(=O)O. The Hall–Kier alpha value is -2.36. The fourth-order valence-electron chi connectivity index (χ4n) is 1.58. The van der Waals surface area contributed by atoms with E-state index >= 15 is 0 Å². The van der Waals surface area contributed by atoms with E-state index in [1.807, 2.05) is 0 Å². The Morgan fingerprint density at radius 3 is 2.65 bits per heavy atom. The Kier molecular flexibility index (Phi) is 3.49. The Labute approximate surface area is 114 Å². The predicted octanol–water partition coefficient (Wildman–Crippen LogP) is 0.698. The molecule has 0 saturated carbocycles. The van der Waals surface area contributed by atoms with Crippen LogP contribution in [-0.4, -0.2) is 34.3 Å². The molecule has 0 aliphatic heterocycles. The molecule has 108 valence electrons. The number of hydrogen-bond acceptors (Lipinski definition) is 6. The molecular formula is C10H12N4O5S. The van der Waals surface area contributed by atoms with Crippen LogP contribution in [0.3, 0.4) is 0 Å². The van der Waals surface area contributed by atoms with Crippen molar-refractivity contribution in [3.8, 4) is 0 Å². The number of sulfonamides is 1. The van der Waals surface area contributed by atoms with Gasteiger partial charge in [0.1, 0.15) is 10.6 Å². The highest BCUT2D eigenvalue weighted by atomic mass is 32.2. The van der Waals surface area contributed by atoms with E-state index in [-0.39, 0.29) is 22.5 Å². The van der Waals surface area contributed by atoms with Crippen LogP contribution in [0.5, 0.6) is 0 Å². The maximum Gasteiger partial charge on any atom is 0.352 e. The van der Waals surface area contributed by atoms with E-state index in [1.54, 1.807) is 6.92 Å². The monoisotopic (exact) mass is 300 g/mol. The Morgan fingerprint density at radius 1 is 1.50 bits per heavy atom. The Bertz CT molecular complexity index is 746. The zero-order chi connectivity index (χ0) is 14.9. The minimum atomic E-state index is -3.98. The van der Waals surface area contributed by atoms with Crippen molar-refractivity contribution in [2.24, 2.45) is 0 Å². The summed E-state index contributed by atoms with van der Waals surface area (Å²) >= 11 is 0. The number of rotatable bonds is 5. The van der Waals surface area contributed by atoms with Gasteiger partial charge in [-0.3, -0.25) is 0 Å². The number of carboxylic acid groups (broad SMARTS) is 1. The summed E-state index contributed by atoms with van der Waals surface area (Å²) in [5.41, 5.74) is -0.116. The number of aryl methyl sites for hydroxylation is 2. The molecule has 2 heterocycles. The molecule has 0 saturated heterocycles. The molecule has 9 nitrogen and oxygen atoms in total. The van der Waals surface area contributed by atoms with Crippen LogP contribution in [0.2, 0.25) is 0 Å². The van der Waals surface area contributed by atoms with Gasteiger partial charge in [0.05, 0.1) is 0 Å². The highest BCUT2D eigenvalue weighted by molar-refractivity contribution is 7.92. The topological polar surface area (TPSA) is 127 Å². The number of nitrogens with one attached hydrogen (secondary N) is 1. The molecule has 0 amide bonds. The smallest absolute Gasteiger partial charge is 0.352 e. The molecule has 0 aliphatic rings. The second-order valence-electron chi connectivity index (χ2n) is 3.88. The van der Waals surface area contributed by atoms with Crippen LogP contribution >= 0.6 is 0 Å². The summed E-state index contributed by atoms with van der Waals surface area (Å²) in [6, 6.07) is 0.792. The maximum absolute atomic E-state index is 12.1. The van der Waals surface area contributed by atoms with Crippen molar-refractivity contribution in [2.45, 2.75) is 25.3 Å². The van der Waals surface area contributed by atoms with Crippen LogP contribution in [0.4, 0.5) is 6.01 Å². The Balaban J connectivity index is 2.37. The number of nitrogens with zero attached hydrogens (tertiary/aromatic N) is 3. The van der Waals surface area contributed by atoms with Crippen LogP contribution in [0, 0.1) is 6.92 Å². The molecule has 10 heteroatoms. The molecule has 0 unspecified atom stereocenters. The quantitative estimate of drug-likeness (QED) is 0.831. The zero-order valence-electron chi connectivity index (χ0n) is 10.7. The zero-order valence-corrected chi connectivity index (χ0v) is 11.5. The van der Waals surface area contributed by atoms with Crippen LogP contribution in [-0.2, 0) is 16.6 Å². The lowest BCUT2D eigenvalue weighted by Gasteiger charge is -2.01. The first kappa shape index (κ1) is 14.1. The molecule has 0 aromatic carbocycles. The van der Waals surface area contributed by atoms with Crippen LogP contribution in [0.25, 0.3) is 0 Å². The summed E-state index contributed by atoms with van der Waals surface area (Å²) in [5, 5.41) is 16.0. The second kappa shape index (κ2) is 4.96. The molecule has 2 aromatic heterocycles. The van der Waals surface area contributed by atoms with E-state index in [4.69, 9.17) is 9.52 Å². The molecule has 0 atom stereocenters. The number of aromatic carboxylic acids is 1. The average Bonchev–Trinajstić information content (AvgIpc) is 2.95. The van der Waals surface area contributed by atoms with Crippen molar-refractivity contribution in [1.82, 2.24) is 14.8 Å². The molecule has 0 radical (unpaired) electrons. The summed E-state index contributed by atoms with van der Waals surface area (Å²) in [5.74, 6) is -0.998. The van der Waals surface area contributed by atoms with E-state index < -0.39 is 16.0 Å². The molecule has 0 bridgehead atoms. The molecule has 0 spiro atoms. The van der Waals surface area contributed by atoms with Crippen LogP contribution in [0.15, 0.2) is 21.6 Å². The summed E-state index contributed by atoms with van der Waals surface area (Å²) in [6.07, 6.45) is 1.23. The number of carboxylic acids is 1. The lowest BCUT2D eigenvalue weighted by molar-refractivity contribution is 0.0685. The van der Waals surface area contributed by atoms with E-state index in [0.29, 0.717) is 6.54 Å². The van der Waals surface area contributed by atoms with Crippen molar-refractivity contribution >= 4 is 22.0 Å². The largest absolute Gasteiger partial charge is 0.477 e. The molecular weight excluding hydrogens is 288 g/mol. The summed E-state index contributed by atoms with van der Waals surface area (Å²) in [7, 11) is -3.98. The minimum Gasteiger partial charge on any atom is -0.477 e. The number of anilines is 1. The van der Waals surface area contributed by atoms with Crippen molar-refractivity contribution in [1.29, 1.82) is 0 Å². The molecule has 20 heavy (non-hydrogen) atoms. The van der Waals surface area contributed by atoms with Crippen LogP contribution < -0.4 is 4.72 Å². The van der Waals surface area contributed by atoms with Gasteiger partial charge in [-0.15, -0.1) is 5.10 Å². The van der Waals surface area contributed by atoms with Crippen molar-refractivity contribution in [3.63, 3.8) is 0 Å². The number of hydrogen-bond donors (Lipinski definition) is 2. The fourth-order valence-corrected chi connectivity index (χ4v) is 2.55. The highest BCUT2D eigenvalue weighted by Gasteiger charge is 2.22. The van der Waals surface area contributed by atoms with Crippen LogP contribution in [0.1, 0.15) is 23.3 Å². The third kappa shape index (κ3) is 2.64. The first-order chi connectivity index (χ1) is 9.33. The molecule has 2 rings (SSSR count). The standard InChI is InChI=1S/C10H12N4O5S/c1-3-14-5-7(4-8(14)9(15)16)20(17,18)13-10-12-11-6(2)19-10/h4-5H,3H2,1-2H3,(H,12,13)(H,15,16). The first-order valence-corrected chi connectivity index (χ1v) is 7.08. The lowest BCUT2D eigenvalue weighted by Crippen LogP contribution is -2.12. The second-order valence-corrected chi connectivity index (χ2v) is 5.57. The normalized spacial score (nSPS) is 11.5. The first-order valence-electron chi connectivity index (χ1n) is 5.60. The van der Waals surface area contributed by atoms with Gasteiger partial charge >= 0.3 is 12.0 Å². The van der Waals surface area contributed by atoms with Crippen molar-refractivity contribution < 1.29 is 22.7 Å². The molecule has 0 fully saturated rings. The number of aromatic nitrogens is 3. The molecule has 2 N–H and O–H groups in total. The van der Waals surface area contributed by atoms with Crippen molar-refractivity contribution in [3.05, 3.63) is 23.8 Å².